The fraction of sp³-hybridized carbons (Fsp3) is 0.634. The van der Waals surface area contributed by atoms with Gasteiger partial charge in [-0.2, -0.15) is 5.26 Å². The third kappa shape index (κ3) is 20.7. The third-order valence-corrected chi connectivity index (χ3v) is 10.8. The first-order chi connectivity index (χ1) is 31.2. The van der Waals surface area contributed by atoms with Gasteiger partial charge in [-0.1, -0.05) is 6.42 Å². The second-order valence-corrected chi connectivity index (χ2v) is 16.1. The van der Waals surface area contributed by atoms with E-state index < -0.39 is 84.8 Å². The highest BCUT2D eigenvalue weighted by Crippen LogP contribution is 2.31. The highest BCUT2D eigenvalue weighted by atomic mass is 19.3. The number of alkyl halides is 2. The summed E-state index contributed by atoms with van der Waals surface area (Å²) < 4.78 is 27.4. The van der Waals surface area contributed by atoms with Crippen LogP contribution in [0.25, 0.3) is 0 Å². The van der Waals surface area contributed by atoms with Crippen molar-refractivity contribution < 1.29 is 72.4 Å². The number of nitrogens with one attached hydrogen (secondary N) is 3. The molecule has 23 nitrogen and oxygen atoms in total. The quantitative estimate of drug-likeness (QED) is 0.0574. The number of aliphatic carboxylic acids is 4. The van der Waals surface area contributed by atoms with E-state index in [0.717, 1.165) is 0 Å². The van der Waals surface area contributed by atoms with Crippen molar-refractivity contribution in [3.05, 3.63) is 29.6 Å². The monoisotopic (exact) mass is 936 g/mol. The average Bonchev–Trinajstić information content (AvgIpc) is 3.58. The summed E-state index contributed by atoms with van der Waals surface area (Å²) in [5.74, 6) is -11.6. The Morgan fingerprint density at radius 1 is 0.758 bits per heavy atom. The molecule has 0 saturated carbocycles. The summed E-state index contributed by atoms with van der Waals surface area (Å²) in [5, 5.41) is 54.7. The number of rotatable bonds is 24. The van der Waals surface area contributed by atoms with Gasteiger partial charge in [0.05, 0.1) is 63.5 Å². The van der Waals surface area contributed by atoms with Crippen LogP contribution in [0, 0.1) is 17.2 Å². The smallest absolute Gasteiger partial charge is 0.317 e. The molecule has 0 spiro atoms. The molecule has 2 aliphatic heterocycles. The summed E-state index contributed by atoms with van der Waals surface area (Å²) in [4.78, 5) is 121. The van der Waals surface area contributed by atoms with E-state index >= 15 is 0 Å². The summed E-state index contributed by atoms with van der Waals surface area (Å²) in [6.45, 7) is -0.569. The Morgan fingerprint density at radius 3 is 1.82 bits per heavy atom. The van der Waals surface area contributed by atoms with Crippen molar-refractivity contribution in [3.63, 3.8) is 0 Å². The molecule has 2 saturated heterocycles. The van der Waals surface area contributed by atoms with Crippen LogP contribution in [0.15, 0.2) is 18.3 Å². The van der Waals surface area contributed by atoms with E-state index in [4.69, 9.17) is 5.26 Å². The average molecular weight is 937 g/mol. The van der Waals surface area contributed by atoms with Gasteiger partial charge < -0.3 is 41.3 Å². The number of carbonyl (C=O) groups excluding carboxylic acids is 5. The van der Waals surface area contributed by atoms with Gasteiger partial charge in [0.2, 0.25) is 17.7 Å². The minimum Gasteiger partial charge on any atom is -0.481 e. The summed E-state index contributed by atoms with van der Waals surface area (Å²) in [6.07, 6.45) is 0.520. The van der Waals surface area contributed by atoms with Crippen LogP contribution < -0.4 is 16.0 Å². The molecule has 4 amide bonds. The number of carboxylic acid groups (broad SMARTS) is 4. The third-order valence-electron chi connectivity index (χ3n) is 10.8. The Balaban J connectivity index is 1.39. The van der Waals surface area contributed by atoms with Gasteiger partial charge in [-0.25, -0.2) is 8.78 Å². The van der Waals surface area contributed by atoms with Gasteiger partial charge in [0.1, 0.15) is 11.8 Å². The number of hydrogen-bond acceptors (Lipinski definition) is 15. The van der Waals surface area contributed by atoms with Gasteiger partial charge >= 0.3 is 23.9 Å². The molecule has 25 heteroatoms. The first-order valence-corrected chi connectivity index (χ1v) is 21.4. The van der Waals surface area contributed by atoms with Crippen molar-refractivity contribution in [3.8, 4) is 6.07 Å². The summed E-state index contributed by atoms with van der Waals surface area (Å²) in [5.41, 5.74) is 0.300. The first-order valence-electron chi connectivity index (χ1n) is 21.4. The lowest BCUT2D eigenvalue weighted by atomic mass is 9.94. The Morgan fingerprint density at radius 2 is 1.30 bits per heavy atom. The Kier molecular flexibility index (Phi) is 22.4. The Labute approximate surface area is 379 Å². The molecule has 7 N–H and O–H groups in total. The number of nitriles is 1. The fourth-order valence-corrected chi connectivity index (χ4v) is 7.28. The largest absolute Gasteiger partial charge is 0.481 e. The van der Waals surface area contributed by atoms with Crippen LogP contribution in [0.4, 0.5) is 8.78 Å². The van der Waals surface area contributed by atoms with Crippen LogP contribution in [0.3, 0.4) is 0 Å². The number of aromatic nitrogens is 1. The van der Waals surface area contributed by atoms with Crippen molar-refractivity contribution in [2.24, 2.45) is 5.92 Å². The van der Waals surface area contributed by atoms with E-state index in [1.165, 1.54) is 18.3 Å². The molecule has 3 heterocycles. The molecule has 1 unspecified atom stereocenters. The van der Waals surface area contributed by atoms with Crippen molar-refractivity contribution >= 4 is 53.3 Å². The number of halogens is 2. The number of likely N-dealkylation sites (tertiary alicyclic amines) is 1. The van der Waals surface area contributed by atoms with E-state index in [2.05, 4.69) is 20.9 Å². The number of Topliss-reactive ketones (excluding diaryl/α,β-unsaturated/α-hetero) is 1. The highest BCUT2D eigenvalue weighted by molar-refractivity contribution is 5.96. The van der Waals surface area contributed by atoms with E-state index in [1.807, 2.05) is 0 Å². The maximum absolute atomic E-state index is 13.7. The molecule has 0 bridgehead atoms. The zero-order valence-corrected chi connectivity index (χ0v) is 36.5. The number of nitrogens with zero attached hydrogens (tertiary/aromatic N) is 7. The van der Waals surface area contributed by atoms with E-state index in [9.17, 15) is 72.4 Å². The maximum Gasteiger partial charge on any atom is 0.317 e. The van der Waals surface area contributed by atoms with Crippen molar-refractivity contribution in [2.75, 3.05) is 98.2 Å². The molecule has 0 radical (unpaired) electrons. The van der Waals surface area contributed by atoms with Crippen LogP contribution in [0.5, 0.6) is 0 Å². The van der Waals surface area contributed by atoms with Crippen molar-refractivity contribution in [1.82, 2.24) is 45.4 Å². The molecular formula is C41H58F2N10O13. The fourth-order valence-electron chi connectivity index (χ4n) is 7.28. The summed E-state index contributed by atoms with van der Waals surface area (Å²) >= 11 is 0. The Bertz CT molecular complexity index is 1900. The molecule has 2 atom stereocenters. The molecule has 1 aromatic rings. The molecular weight excluding hydrogens is 879 g/mol. The number of unbranched alkanes of at least 4 members (excludes halogenated alkanes) is 1. The first kappa shape index (κ1) is 54.1. The molecule has 66 heavy (non-hydrogen) atoms. The number of ketones is 1. The van der Waals surface area contributed by atoms with E-state index in [-0.39, 0.29) is 134 Å². The van der Waals surface area contributed by atoms with E-state index in [1.54, 1.807) is 25.7 Å². The van der Waals surface area contributed by atoms with Crippen molar-refractivity contribution in [1.29, 1.82) is 5.26 Å². The highest BCUT2D eigenvalue weighted by Gasteiger charge is 2.47. The molecule has 2 fully saturated rings. The molecule has 1 aromatic heterocycles. The molecule has 3 rings (SSSR count). The van der Waals surface area contributed by atoms with Crippen molar-refractivity contribution in [2.45, 2.75) is 63.5 Å². The normalized spacial score (nSPS) is 18.1. The van der Waals surface area contributed by atoms with Crippen LogP contribution in [0.2, 0.25) is 0 Å². The molecule has 2 aliphatic rings. The van der Waals surface area contributed by atoms with Gasteiger partial charge in [-0.15, -0.1) is 0 Å². The number of hydrogen-bond donors (Lipinski definition) is 7. The van der Waals surface area contributed by atoms with Gasteiger partial charge in [0, 0.05) is 96.3 Å². The van der Waals surface area contributed by atoms with Crippen LogP contribution in [-0.2, 0) is 44.9 Å². The molecule has 0 aliphatic carbocycles. The van der Waals surface area contributed by atoms with Gasteiger partial charge in [-0.3, -0.25) is 67.7 Å². The predicted octanol–water partition coefficient (Wildman–Crippen LogP) is -1.61. The number of amides is 4. The second kappa shape index (κ2) is 27.3. The zero-order chi connectivity index (χ0) is 48.8. The topological polar surface area (TPSA) is 324 Å². The SMILES string of the molecule is N#C[C@@H]1CC(F)(F)CN1C(=O)CNC(=O)c1ccnc(CNC(=O)CCC(=O)CC(CCCCNC(=O)CN2CCN(CC(=O)O)CCN(CC(=O)O)CCN(CC(=O)O)CC2)C(=O)O)c1. The lowest BCUT2D eigenvalue weighted by Crippen LogP contribution is -2.49. The van der Waals surface area contributed by atoms with Crippen LogP contribution in [0.1, 0.15) is 61.0 Å². The Hall–Kier alpha value is -6.23. The minimum atomic E-state index is -3.21. The minimum absolute atomic E-state index is 0.0541. The molecule has 364 valence electrons. The van der Waals surface area contributed by atoms with Crippen LogP contribution in [-0.4, -0.2) is 213 Å². The second-order valence-electron chi connectivity index (χ2n) is 16.1. The standard InChI is InChI=1S/C41H58F2N10O13/c42-41(43)19-31(20-44)53(27-41)35(57)22-48-39(64)28-6-8-45-30(17-28)21-47-33(55)5-4-32(54)18-29(40(65)66)3-1-2-7-46-34(56)23-49-9-11-50(24-36(58)59)13-15-52(26-38(62)63)16-14-51(12-10-49)25-37(60)61/h6,8,17,29,31H,1-5,7,9-16,18-19,21-27H2,(H,46,56)(H,47,55)(H,48,64)(H,58,59)(H,60,61)(H,62,63)(H,65,66)/t29?,31-/m0/s1. The van der Waals surface area contributed by atoms with Gasteiger partial charge in [0.15, 0.2) is 0 Å². The lowest BCUT2D eigenvalue weighted by molar-refractivity contribution is -0.144. The van der Waals surface area contributed by atoms with Gasteiger partial charge in [-0.05, 0) is 25.0 Å². The van der Waals surface area contributed by atoms with Gasteiger partial charge in [0.25, 0.3) is 11.8 Å². The number of carboxylic acids is 4. The molecule has 0 aromatic carbocycles. The lowest BCUT2D eigenvalue weighted by Gasteiger charge is -2.32. The van der Waals surface area contributed by atoms with Crippen LogP contribution >= 0.6 is 0 Å². The van der Waals surface area contributed by atoms with E-state index in [0.29, 0.717) is 17.7 Å². The summed E-state index contributed by atoms with van der Waals surface area (Å²) in [6, 6.07) is 3.00. The summed E-state index contributed by atoms with van der Waals surface area (Å²) in [7, 11) is 0. The predicted molar refractivity (Wildman–Crippen MR) is 225 cm³/mol. The number of pyridine rings is 1. The maximum atomic E-state index is 13.7. The zero-order valence-electron chi connectivity index (χ0n) is 36.5. The number of carbonyl (C=O) groups is 9.